The number of benzene rings is 1. The second kappa shape index (κ2) is 14.6. The number of piperazine rings is 1. The first-order chi connectivity index (χ1) is 20.9. The SMILES string of the molecule is CC(NC(=O)c1cccs1)C(=O)N1CCN(CCCOc2ccc(-c3noc(CCC(=O)N4CCCC4)n3)c(F)c2)CC1. The maximum absolute atomic E-state index is 14.8. The molecule has 2 aliphatic heterocycles. The topological polar surface area (TPSA) is 121 Å². The molecule has 11 nitrogen and oxygen atoms in total. The van der Waals surface area contributed by atoms with Crippen LogP contribution >= 0.6 is 11.3 Å². The molecule has 13 heteroatoms. The van der Waals surface area contributed by atoms with Gasteiger partial charge in [0.15, 0.2) is 0 Å². The van der Waals surface area contributed by atoms with Crippen molar-refractivity contribution in [2.75, 3.05) is 52.4 Å². The average Bonchev–Trinajstić information content (AvgIpc) is 3.82. The highest BCUT2D eigenvalue weighted by Gasteiger charge is 2.26. The Hall–Kier alpha value is -3.84. The fourth-order valence-electron chi connectivity index (χ4n) is 5.25. The van der Waals surface area contributed by atoms with Crippen LogP contribution in [0.1, 0.15) is 48.2 Å². The van der Waals surface area contributed by atoms with Gasteiger partial charge in [0.25, 0.3) is 5.91 Å². The van der Waals surface area contributed by atoms with E-state index >= 15 is 0 Å². The van der Waals surface area contributed by atoms with Gasteiger partial charge in [0.1, 0.15) is 17.6 Å². The van der Waals surface area contributed by atoms with Crippen LogP contribution in [-0.2, 0) is 16.0 Å². The van der Waals surface area contributed by atoms with E-state index in [1.165, 1.54) is 17.4 Å². The number of halogens is 1. The molecule has 0 aliphatic carbocycles. The van der Waals surface area contributed by atoms with Crippen LogP contribution in [0.2, 0.25) is 0 Å². The summed E-state index contributed by atoms with van der Waals surface area (Å²) in [5.74, 6) is 0.111. The van der Waals surface area contributed by atoms with E-state index in [0.29, 0.717) is 49.1 Å². The number of ether oxygens (including phenoxy) is 1. The van der Waals surface area contributed by atoms with Crippen LogP contribution in [0, 0.1) is 5.82 Å². The van der Waals surface area contributed by atoms with Crippen LogP contribution < -0.4 is 10.1 Å². The van der Waals surface area contributed by atoms with Crippen LogP contribution in [0.5, 0.6) is 5.75 Å². The summed E-state index contributed by atoms with van der Waals surface area (Å²) in [4.78, 5) is 48.0. The zero-order valence-electron chi connectivity index (χ0n) is 24.3. The van der Waals surface area contributed by atoms with Crippen LogP contribution in [0.25, 0.3) is 11.4 Å². The first-order valence-electron chi connectivity index (χ1n) is 14.8. The number of aryl methyl sites for hydroxylation is 1. The first-order valence-corrected chi connectivity index (χ1v) is 15.6. The van der Waals surface area contributed by atoms with Crippen molar-refractivity contribution in [2.45, 2.75) is 45.1 Å². The number of hydrogen-bond donors (Lipinski definition) is 1. The van der Waals surface area contributed by atoms with Gasteiger partial charge in [-0.25, -0.2) is 4.39 Å². The van der Waals surface area contributed by atoms with Crippen molar-refractivity contribution < 1.29 is 28.0 Å². The summed E-state index contributed by atoms with van der Waals surface area (Å²) < 4.78 is 25.8. The molecule has 0 bridgehead atoms. The summed E-state index contributed by atoms with van der Waals surface area (Å²) in [6, 6.07) is 7.51. The van der Waals surface area contributed by atoms with Crippen LogP contribution in [-0.4, -0.2) is 101 Å². The van der Waals surface area contributed by atoms with Gasteiger partial charge in [-0.3, -0.25) is 19.3 Å². The Kier molecular flexibility index (Phi) is 10.4. The van der Waals surface area contributed by atoms with Crippen molar-refractivity contribution in [3.05, 3.63) is 52.3 Å². The third kappa shape index (κ3) is 8.17. The molecule has 3 amide bonds. The molecule has 2 saturated heterocycles. The average molecular weight is 613 g/mol. The number of hydrogen-bond acceptors (Lipinski definition) is 9. The smallest absolute Gasteiger partial charge is 0.261 e. The Bertz CT molecular complexity index is 1390. The molecule has 0 saturated carbocycles. The minimum absolute atomic E-state index is 0.0733. The zero-order valence-corrected chi connectivity index (χ0v) is 25.1. The molecule has 2 aromatic heterocycles. The number of amides is 3. The van der Waals surface area contributed by atoms with Gasteiger partial charge in [0.2, 0.25) is 23.5 Å². The van der Waals surface area contributed by atoms with Crippen molar-refractivity contribution in [3.8, 4) is 17.1 Å². The van der Waals surface area contributed by atoms with Crippen LogP contribution in [0.15, 0.2) is 40.2 Å². The molecular formula is C30H37FN6O5S. The lowest BCUT2D eigenvalue weighted by Crippen LogP contribution is -2.54. The van der Waals surface area contributed by atoms with E-state index in [1.807, 2.05) is 10.3 Å². The Morgan fingerprint density at radius 1 is 1.09 bits per heavy atom. The monoisotopic (exact) mass is 612 g/mol. The summed E-state index contributed by atoms with van der Waals surface area (Å²) in [6.07, 6.45) is 3.44. The van der Waals surface area contributed by atoms with Crippen LogP contribution in [0.4, 0.5) is 4.39 Å². The molecule has 5 rings (SSSR count). The normalized spacial score (nSPS) is 16.3. The number of nitrogens with zero attached hydrogens (tertiary/aromatic N) is 5. The van der Waals surface area contributed by atoms with Crippen molar-refractivity contribution in [3.63, 3.8) is 0 Å². The van der Waals surface area contributed by atoms with Gasteiger partial charge in [-0.2, -0.15) is 4.98 Å². The second-order valence-electron chi connectivity index (χ2n) is 10.8. The number of aromatic nitrogens is 2. The third-order valence-corrected chi connectivity index (χ3v) is 8.56. The second-order valence-corrected chi connectivity index (χ2v) is 11.7. The lowest BCUT2D eigenvalue weighted by Gasteiger charge is -2.36. The Labute approximate surface area is 254 Å². The number of likely N-dealkylation sites (tertiary alicyclic amines) is 1. The molecule has 4 heterocycles. The fraction of sp³-hybridized carbons (Fsp3) is 0.500. The van der Waals surface area contributed by atoms with E-state index in [-0.39, 0.29) is 29.1 Å². The zero-order chi connectivity index (χ0) is 30.2. The van der Waals surface area contributed by atoms with Gasteiger partial charge in [-0.05, 0) is 49.8 Å². The minimum atomic E-state index is -0.584. The Morgan fingerprint density at radius 2 is 1.88 bits per heavy atom. The predicted octanol–water partition coefficient (Wildman–Crippen LogP) is 3.22. The van der Waals surface area contributed by atoms with E-state index in [0.717, 1.165) is 52.0 Å². The molecule has 2 aliphatic rings. The Balaban J connectivity index is 0.996. The molecule has 1 aromatic carbocycles. The molecule has 1 N–H and O–H groups in total. The minimum Gasteiger partial charge on any atom is -0.493 e. The summed E-state index contributed by atoms with van der Waals surface area (Å²) >= 11 is 1.34. The van der Waals surface area contributed by atoms with Gasteiger partial charge >= 0.3 is 0 Å². The molecule has 1 unspecified atom stereocenters. The number of carbonyl (C=O) groups is 3. The third-order valence-electron chi connectivity index (χ3n) is 7.70. The highest BCUT2D eigenvalue weighted by Crippen LogP contribution is 2.25. The maximum atomic E-state index is 14.8. The lowest BCUT2D eigenvalue weighted by atomic mass is 10.2. The number of nitrogens with one attached hydrogen (secondary N) is 1. The van der Waals surface area contributed by atoms with Gasteiger partial charge in [-0.15, -0.1) is 11.3 Å². The highest BCUT2D eigenvalue weighted by molar-refractivity contribution is 7.12. The summed E-state index contributed by atoms with van der Waals surface area (Å²) in [5.41, 5.74) is 0.209. The fourth-order valence-corrected chi connectivity index (χ4v) is 5.88. The van der Waals surface area contributed by atoms with E-state index in [2.05, 4.69) is 20.4 Å². The first kappa shape index (κ1) is 30.6. The standard InChI is InChI=1S/C30H37FN6O5S/c1-21(32-29(39)25-6-4-19-43-25)30(40)37-16-14-35(15-17-37)11-5-18-41-22-7-8-23(24(31)20-22)28-33-26(42-34-28)9-10-27(38)36-12-2-3-13-36/h4,6-8,19-21H,2-3,5,9-18H2,1H3,(H,32,39). The van der Waals surface area contributed by atoms with Gasteiger partial charge < -0.3 is 24.4 Å². The largest absolute Gasteiger partial charge is 0.493 e. The van der Waals surface area contributed by atoms with Crippen molar-refractivity contribution in [1.29, 1.82) is 0 Å². The molecule has 1 atom stereocenters. The van der Waals surface area contributed by atoms with E-state index in [9.17, 15) is 18.8 Å². The van der Waals surface area contributed by atoms with E-state index in [1.54, 1.807) is 36.1 Å². The summed E-state index contributed by atoms with van der Waals surface area (Å²) in [7, 11) is 0. The maximum Gasteiger partial charge on any atom is 0.261 e. The van der Waals surface area contributed by atoms with E-state index < -0.39 is 11.9 Å². The molecule has 2 fully saturated rings. The van der Waals surface area contributed by atoms with Gasteiger partial charge in [-0.1, -0.05) is 11.2 Å². The molecular weight excluding hydrogens is 575 g/mol. The van der Waals surface area contributed by atoms with Crippen molar-refractivity contribution >= 4 is 29.1 Å². The van der Waals surface area contributed by atoms with E-state index in [4.69, 9.17) is 9.26 Å². The molecule has 43 heavy (non-hydrogen) atoms. The molecule has 0 radical (unpaired) electrons. The van der Waals surface area contributed by atoms with Crippen molar-refractivity contribution in [1.82, 2.24) is 30.2 Å². The number of rotatable bonds is 12. The summed E-state index contributed by atoms with van der Waals surface area (Å²) in [5, 5.41) is 8.50. The number of carbonyl (C=O) groups excluding carboxylic acids is 3. The highest BCUT2D eigenvalue weighted by atomic mass is 32.1. The van der Waals surface area contributed by atoms with Gasteiger partial charge in [0, 0.05) is 64.7 Å². The van der Waals surface area contributed by atoms with Gasteiger partial charge in [0.05, 0.1) is 17.0 Å². The molecule has 0 spiro atoms. The van der Waals surface area contributed by atoms with Crippen molar-refractivity contribution in [2.24, 2.45) is 0 Å². The Morgan fingerprint density at radius 3 is 2.60 bits per heavy atom. The summed E-state index contributed by atoms with van der Waals surface area (Å²) in [6.45, 7) is 7.18. The quantitative estimate of drug-likeness (QED) is 0.310. The molecule has 3 aromatic rings. The predicted molar refractivity (Wildman–Crippen MR) is 158 cm³/mol. The number of thiophene rings is 1. The lowest BCUT2D eigenvalue weighted by molar-refractivity contribution is -0.134. The van der Waals surface area contributed by atoms with Crippen LogP contribution in [0.3, 0.4) is 0 Å². The molecule has 230 valence electrons.